The summed E-state index contributed by atoms with van der Waals surface area (Å²) >= 11 is 0. The highest BCUT2D eigenvalue weighted by Crippen LogP contribution is 2.18. The van der Waals surface area contributed by atoms with E-state index in [1.165, 1.54) is 31.2 Å². The molecule has 0 aliphatic heterocycles. The van der Waals surface area contributed by atoms with Crippen LogP contribution in [0.4, 0.5) is 4.39 Å². The van der Waals surface area contributed by atoms with E-state index in [4.69, 9.17) is 0 Å². The van der Waals surface area contributed by atoms with Crippen molar-refractivity contribution in [3.05, 3.63) is 35.4 Å². The number of alkyl halides is 1. The van der Waals surface area contributed by atoms with Gasteiger partial charge in [0.25, 0.3) is 5.91 Å². The highest BCUT2D eigenvalue weighted by molar-refractivity contribution is 5.76. The number of nitrogens with one attached hydrogen (secondary N) is 1. The van der Waals surface area contributed by atoms with Gasteiger partial charge in [0.1, 0.15) is 0 Å². The van der Waals surface area contributed by atoms with Crippen molar-refractivity contribution in [3.63, 3.8) is 0 Å². The Bertz CT molecular complexity index is 423. The van der Waals surface area contributed by atoms with Crippen LogP contribution in [0.5, 0.6) is 0 Å². The average molecular weight is 295 g/mol. The number of aliphatic hydroxyl groups excluding tert-OH is 1. The van der Waals surface area contributed by atoms with Crippen molar-refractivity contribution in [3.8, 4) is 0 Å². The summed E-state index contributed by atoms with van der Waals surface area (Å²) in [5, 5.41) is 12.5. The fourth-order valence-corrected chi connectivity index (χ4v) is 2.27. The maximum atomic E-state index is 12.0. The highest BCUT2D eigenvalue weighted by Gasteiger charge is 2.09. The van der Waals surface area contributed by atoms with Crippen molar-refractivity contribution in [2.45, 2.75) is 51.6 Å². The first-order valence-electron chi connectivity index (χ1n) is 7.77. The van der Waals surface area contributed by atoms with Gasteiger partial charge in [0.05, 0.1) is 6.10 Å². The molecule has 0 heterocycles. The minimum Gasteiger partial charge on any atom is -0.388 e. The van der Waals surface area contributed by atoms with E-state index in [1.807, 2.05) is 18.2 Å². The molecule has 0 bridgehead atoms. The zero-order chi connectivity index (χ0) is 15.5. The number of aryl methyl sites for hydroxylation is 1. The molecule has 0 aromatic heterocycles. The van der Waals surface area contributed by atoms with Crippen LogP contribution in [-0.4, -0.2) is 24.2 Å². The molecule has 1 amide bonds. The molecule has 0 radical (unpaired) electrons. The third-order valence-corrected chi connectivity index (χ3v) is 3.52. The molecule has 1 unspecified atom stereocenters. The first kappa shape index (κ1) is 17.6. The van der Waals surface area contributed by atoms with Gasteiger partial charge < -0.3 is 10.4 Å². The van der Waals surface area contributed by atoms with Crippen LogP contribution in [-0.2, 0) is 11.2 Å². The summed E-state index contributed by atoms with van der Waals surface area (Å²) in [5.74, 6) is -0.633. The predicted octanol–water partition coefficient (Wildman–Crippen LogP) is 3.32. The Morgan fingerprint density at radius 1 is 1.33 bits per heavy atom. The molecule has 1 aromatic rings. The molecule has 3 nitrogen and oxygen atoms in total. The Labute approximate surface area is 126 Å². The van der Waals surface area contributed by atoms with Gasteiger partial charge in [0.15, 0.2) is 6.67 Å². The lowest BCUT2D eigenvalue weighted by Gasteiger charge is -2.12. The second-order valence-corrected chi connectivity index (χ2v) is 5.34. The number of unbranched alkanes of at least 4 members (excludes halogenated alkanes) is 3. The molecule has 0 spiro atoms. The Hall–Kier alpha value is -1.42. The van der Waals surface area contributed by atoms with E-state index in [-0.39, 0.29) is 6.54 Å². The van der Waals surface area contributed by atoms with Crippen LogP contribution in [0.15, 0.2) is 24.3 Å². The van der Waals surface area contributed by atoms with Crippen LogP contribution < -0.4 is 5.32 Å². The minimum absolute atomic E-state index is 0.282. The zero-order valence-corrected chi connectivity index (χ0v) is 12.8. The maximum absolute atomic E-state index is 12.0. The zero-order valence-electron chi connectivity index (χ0n) is 12.8. The molecule has 0 saturated heterocycles. The number of rotatable bonds is 10. The molecular weight excluding hydrogens is 269 g/mol. The quantitative estimate of drug-likeness (QED) is 0.651. The van der Waals surface area contributed by atoms with Crippen LogP contribution in [0.25, 0.3) is 0 Å². The van der Waals surface area contributed by atoms with E-state index in [0.717, 1.165) is 12.0 Å². The molecule has 118 valence electrons. The summed E-state index contributed by atoms with van der Waals surface area (Å²) in [6.07, 6.45) is 5.68. The minimum atomic E-state index is -1.01. The first-order valence-corrected chi connectivity index (χ1v) is 7.77. The van der Waals surface area contributed by atoms with Gasteiger partial charge in [-0.2, -0.15) is 0 Å². The molecule has 4 heteroatoms. The summed E-state index contributed by atoms with van der Waals surface area (Å²) < 4.78 is 12.0. The Balaban J connectivity index is 2.41. The predicted molar refractivity (Wildman–Crippen MR) is 82.8 cm³/mol. The van der Waals surface area contributed by atoms with Gasteiger partial charge in [-0.05, 0) is 30.4 Å². The largest absolute Gasteiger partial charge is 0.388 e. The number of benzene rings is 1. The standard InChI is InChI=1S/C17H26FNO2/c1-2-3-4-5-7-14-8-6-9-15(12-14)16(20)10-11-19-17(21)13-18/h6,8-9,12,16,20H,2-5,7,10-11,13H2,1H3,(H,19,21). The van der Waals surface area contributed by atoms with Crippen molar-refractivity contribution in [2.75, 3.05) is 13.2 Å². The van der Waals surface area contributed by atoms with Gasteiger partial charge in [-0.3, -0.25) is 4.79 Å². The van der Waals surface area contributed by atoms with Crippen LogP contribution >= 0.6 is 0 Å². The van der Waals surface area contributed by atoms with Crippen LogP contribution in [0.3, 0.4) is 0 Å². The molecule has 21 heavy (non-hydrogen) atoms. The molecule has 1 rings (SSSR count). The van der Waals surface area contributed by atoms with Gasteiger partial charge in [0, 0.05) is 6.54 Å². The Kier molecular flexibility index (Phi) is 8.67. The molecule has 1 aromatic carbocycles. The van der Waals surface area contributed by atoms with E-state index in [0.29, 0.717) is 6.42 Å². The van der Waals surface area contributed by atoms with Crippen molar-refractivity contribution < 1.29 is 14.3 Å². The number of carbonyl (C=O) groups excluding carboxylic acids is 1. The van der Waals surface area contributed by atoms with Gasteiger partial charge in [-0.25, -0.2) is 4.39 Å². The number of halogens is 1. The summed E-state index contributed by atoms with van der Waals surface area (Å²) in [4.78, 5) is 10.8. The molecule has 2 N–H and O–H groups in total. The fourth-order valence-electron chi connectivity index (χ4n) is 2.27. The lowest BCUT2D eigenvalue weighted by molar-refractivity contribution is -0.122. The van der Waals surface area contributed by atoms with Gasteiger partial charge in [-0.1, -0.05) is 50.5 Å². The van der Waals surface area contributed by atoms with E-state index >= 15 is 0 Å². The molecule has 0 aliphatic rings. The molecule has 1 atom stereocenters. The SMILES string of the molecule is CCCCCCc1cccc(C(O)CCNC(=O)CF)c1. The molecule has 0 saturated carbocycles. The number of hydrogen-bond acceptors (Lipinski definition) is 2. The topological polar surface area (TPSA) is 49.3 Å². The number of aliphatic hydroxyl groups is 1. The maximum Gasteiger partial charge on any atom is 0.251 e. The Morgan fingerprint density at radius 2 is 2.14 bits per heavy atom. The van der Waals surface area contributed by atoms with E-state index in [1.54, 1.807) is 0 Å². The van der Waals surface area contributed by atoms with Crippen LogP contribution in [0.2, 0.25) is 0 Å². The summed E-state index contributed by atoms with van der Waals surface area (Å²) in [5.41, 5.74) is 2.09. The Morgan fingerprint density at radius 3 is 2.86 bits per heavy atom. The average Bonchev–Trinajstić information content (AvgIpc) is 2.51. The van der Waals surface area contributed by atoms with Gasteiger partial charge >= 0.3 is 0 Å². The second kappa shape index (κ2) is 10.3. The number of amides is 1. The summed E-state index contributed by atoms with van der Waals surface area (Å²) in [6.45, 7) is 1.46. The number of hydrogen-bond donors (Lipinski definition) is 2. The van der Waals surface area contributed by atoms with E-state index in [2.05, 4.69) is 18.3 Å². The molecule has 0 aliphatic carbocycles. The number of carbonyl (C=O) groups is 1. The summed E-state index contributed by atoms with van der Waals surface area (Å²) in [7, 11) is 0. The molecule has 0 fully saturated rings. The molecular formula is C17H26FNO2. The lowest BCUT2D eigenvalue weighted by Crippen LogP contribution is -2.26. The smallest absolute Gasteiger partial charge is 0.251 e. The van der Waals surface area contributed by atoms with Crippen molar-refractivity contribution >= 4 is 5.91 Å². The fraction of sp³-hybridized carbons (Fsp3) is 0.588. The lowest BCUT2D eigenvalue weighted by atomic mass is 10.0. The second-order valence-electron chi connectivity index (χ2n) is 5.34. The van der Waals surface area contributed by atoms with Crippen molar-refractivity contribution in [1.82, 2.24) is 5.32 Å². The monoisotopic (exact) mass is 295 g/mol. The van der Waals surface area contributed by atoms with Crippen LogP contribution in [0.1, 0.15) is 56.3 Å². The highest BCUT2D eigenvalue weighted by atomic mass is 19.1. The van der Waals surface area contributed by atoms with Gasteiger partial charge in [0.2, 0.25) is 0 Å². The van der Waals surface area contributed by atoms with Crippen molar-refractivity contribution in [1.29, 1.82) is 0 Å². The van der Waals surface area contributed by atoms with Gasteiger partial charge in [-0.15, -0.1) is 0 Å². The third kappa shape index (κ3) is 7.23. The van der Waals surface area contributed by atoms with E-state index < -0.39 is 18.7 Å². The first-order chi connectivity index (χ1) is 10.2. The van der Waals surface area contributed by atoms with Crippen LogP contribution in [0, 0.1) is 0 Å². The van der Waals surface area contributed by atoms with Crippen molar-refractivity contribution in [2.24, 2.45) is 0 Å². The normalized spacial score (nSPS) is 12.1. The summed E-state index contributed by atoms with van der Waals surface area (Å²) in [6, 6.07) is 7.94. The van der Waals surface area contributed by atoms with E-state index in [9.17, 15) is 14.3 Å². The third-order valence-electron chi connectivity index (χ3n) is 3.52.